The van der Waals surface area contributed by atoms with Gasteiger partial charge in [-0.2, -0.15) is 5.26 Å². The Morgan fingerprint density at radius 1 is 0.960 bits per heavy atom. The normalized spacial score (nSPS) is 13.6. The highest BCUT2D eigenvalue weighted by atomic mass is 31.2. The summed E-state index contributed by atoms with van der Waals surface area (Å²) < 4.78 is 14.1. The van der Waals surface area contributed by atoms with E-state index >= 15 is 0 Å². The van der Waals surface area contributed by atoms with Gasteiger partial charge in [-0.1, -0.05) is 42.5 Å². The molecule has 1 N–H and O–H groups in total. The van der Waals surface area contributed by atoms with E-state index in [1.54, 1.807) is 25.4 Å². The third-order valence-electron chi connectivity index (χ3n) is 4.08. The van der Waals surface area contributed by atoms with Crippen molar-refractivity contribution in [1.29, 1.82) is 5.26 Å². The van der Waals surface area contributed by atoms with E-state index in [1.165, 1.54) is 0 Å². The van der Waals surface area contributed by atoms with Gasteiger partial charge < -0.3 is 0 Å². The maximum Gasteiger partial charge on any atom is 0.206 e. The smallest absolute Gasteiger partial charge is 0.206 e. The SMILES string of the molecule is C[C@](C#N)(NP(=O)(c1ccccc1)c1ccccc1)c1cccnc1. The van der Waals surface area contributed by atoms with Crippen LogP contribution < -0.4 is 15.7 Å². The first-order chi connectivity index (χ1) is 12.1. The molecule has 1 aromatic heterocycles. The summed E-state index contributed by atoms with van der Waals surface area (Å²) in [4.78, 5) is 4.09. The molecule has 3 aromatic rings. The average Bonchev–Trinajstić information content (AvgIpc) is 2.70. The second-order valence-corrected chi connectivity index (χ2v) is 8.35. The number of hydrogen-bond donors (Lipinski definition) is 1. The van der Waals surface area contributed by atoms with Gasteiger partial charge in [-0.05, 0) is 37.3 Å². The molecule has 0 saturated heterocycles. The highest BCUT2D eigenvalue weighted by molar-refractivity contribution is 7.77. The summed E-state index contributed by atoms with van der Waals surface area (Å²) in [5, 5.41) is 14.3. The molecule has 0 bridgehead atoms. The molecule has 3 rings (SSSR count). The molecule has 4 nitrogen and oxygen atoms in total. The molecule has 0 aliphatic carbocycles. The lowest BCUT2D eigenvalue weighted by atomic mass is 9.97. The standard InChI is InChI=1S/C20H18N3OP/c1-20(16-21,17-9-8-14-22-15-17)23-25(24,18-10-4-2-5-11-18)19-12-6-3-7-13-19/h2-15H,1H3,(H,23,24)/t20-/m1/s1. The van der Waals surface area contributed by atoms with Crippen molar-refractivity contribution in [2.75, 3.05) is 0 Å². The Hall–Kier alpha value is -2.73. The van der Waals surface area contributed by atoms with Crippen molar-refractivity contribution in [3.8, 4) is 6.07 Å². The van der Waals surface area contributed by atoms with E-state index in [0.29, 0.717) is 16.2 Å². The lowest BCUT2D eigenvalue weighted by molar-refractivity contribution is 0.531. The Morgan fingerprint density at radius 2 is 1.52 bits per heavy atom. The molecular weight excluding hydrogens is 329 g/mol. The zero-order valence-corrected chi connectivity index (χ0v) is 14.7. The molecule has 5 heteroatoms. The minimum atomic E-state index is -3.23. The maximum atomic E-state index is 14.1. The predicted octanol–water partition coefficient (Wildman–Crippen LogP) is 3.34. The highest BCUT2D eigenvalue weighted by Crippen LogP contribution is 2.43. The Labute approximate surface area is 147 Å². The van der Waals surface area contributed by atoms with Crippen LogP contribution in [0.5, 0.6) is 0 Å². The number of nitrogens with zero attached hydrogens (tertiary/aromatic N) is 2. The van der Waals surface area contributed by atoms with Crippen LogP contribution in [0, 0.1) is 11.3 Å². The van der Waals surface area contributed by atoms with E-state index in [0.717, 1.165) is 0 Å². The van der Waals surface area contributed by atoms with Crippen LogP contribution in [0.15, 0.2) is 85.2 Å². The van der Waals surface area contributed by atoms with Crippen molar-refractivity contribution in [2.45, 2.75) is 12.5 Å². The van der Waals surface area contributed by atoms with E-state index in [4.69, 9.17) is 0 Å². The number of aromatic nitrogens is 1. The fraction of sp³-hybridized carbons (Fsp3) is 0.100. The molecule has 0 amide bonds. The molecular formula is C20H18N3OP. The molecule has 0 radical (unpaired) electrons. The van der Waals surface area contributed by atoms with Crippen LogP contribution in [0.1, 0.15) is 12.5 Å². The lowest BCUT2D eigenvalue weighted by Gasteiger charge is -2.30. The van der Waals surface area contributed by atoms with Crippen LogP contribution in [-0.4, -0.2) is 4.98 Å². The Bertz CT molecular complexity index is 880. The van der Waals surface area contributed by atoms with E-state index in [1.807, 2.05) is 66.7 Å². The van der Waals surface area contributed by atoms with Crippen molar-refractivity contribution in [3.63, 3.8) is 0 Å². The third-order valence-corrected chi connectivity index (χ3v) is 6.90. The van der Waals surface area contributed by atoms with Crippen LogP contribution in [0.3, 0.4) is 0 Å². The summed E-state index contributed by atoms with van der Waals surface area (Å²) >= 11 is 0. The van der Waals surface area contributed by atoms with Gasteiger partial charge in [-0.25, -0.2) is 5.09 Å². The predicted molar refractivity (Wildman–Crippen MR) is 100 cm³/mol. The monoisotopic (exact) mass is 347 g/mol. The number of nitrogens with one attached hydrogen (secondary N) is 1. The summed E-state index contributed by atoms with van der Waals surface area (Å²) in [6, 6.07) is 24.3. The van der Waals surface area contributed by atoms with Gasteiger partial charge in [0, 0.05) is 28.6 Å². The summed E-state index contributed by atoms with van der Waals surface area (Å²) in [6.07, 6.45) is 3.27. The molecule has 0 aliphatic rings. The Morgan fingerprint density at radius 3 is 1.96 bits per heavy atom. The lowest BCUT2D eigenvalue weighted by Crippen LogP contribution is -2.41. The highest BCUT2D eigenvalue weighted by Gasteiger charge is 2.37. The Balaban J connectivity index is 2.14. The number of pyridine rings is 1. The zero-order chi connectivity index (χ0) is 17.8. The molecule has 25 heavy (non-hydrogen) atoms. The molecule has 0 aliphatic heterocycles. The van der Waals surface area contributed by atoms with Crippen LogP contribution in [0.25, 0.3) is 0 Å². The molecule has 0 saturated carbocycles. The molecule has 124 valence electrons. The van der Waals surface area contributed by atoms with Crippen LogP contribution in [-0.2, 0) is 10.1 Å². The van der Waals surface area contributed by atoms with Crippen molar-refractivity contribution < 1.29 is 4.57 Å². The van der Waals surface area contributed by atoms with Gasteiger partial charge in [0.25, 0.3) is 0 Å². The summed E-state index contributed by atoms with van der Waals surface area (Å²) in [5.41, 5.74) is -0.472. The maximum absolute atomic E-state index is 14.1. The van der Waals surface area contributed by atoms with Gasteiger partial charge in [0.15, 0.2) is 0 Å². The number of rotatable bonds is 5. The minimum absolute atomic E-state index is 0.659. The minimum Gasteiger partial charge on any atom is -0.296 e. The van der Waals surface area contributed by atoms with E-state index in [-0.39, 0.29) is 0 Å². The first kappa shape index (κ1) is 17.1. The zero-order valence-electron chi connectivity index (χ0n) is 13.8. The van der Waals surface area contributed by atoms with E-state index in [2.05, 4.69) is 16.1 Å². The van der Waals surface area contributed by atoms with Crippen molar-refractivity contribution >= 4 is 17.9 Å². The van der Waals surface area contributed by atoms with Gasteiger partial charge in [-0.3, -0.25) is 9.55 Å². The second kappa shape index (κ2) is 7.03. The van der Waals surface area contributed by atoms with Gasteiger partial charge >= 0.3 is 0 Å². The van der Waals surface area contributed by atoms with E-state index < -0.39 is 12.8 Å². The molecule has 2 aromatic carbocycles. The molecule has 0 unspecified atom stereocenters. The fourth-order valence-electron chi connectivity index (χ4n) is 2.68. The first-order valence-corrected chi connectivity index (χ1v) is 9.62. The third kappa shape index (κ3) is 3.39. The van der Waals surface area contributed by atoms with Crippen molar-refractivity contribution in [3.05, 3.63) is 90.8 Å². The Kier molecular flexibility index (Phi) is 4.81. The van der Waals surface area contributed by atoms with Crippen molar-refractivity contribution in [2.24, 2.45) is 0 Å². The van der Waals surface area contributed by atoms with Gasteiger partial charge in [0.05, 0.1) is 6.07 Å². The molecule has 0 spiro atoms. The average molecular weight is 347 g/mol. The first-order valence-electron chi connectivity index (χ1n) is 7.91. The fourth-order valence-corrected chi connectivity index (χ4v) is 5.23. The van der Waals surface area contributed by atoms with Crippen molar-refractivity contribution in [1.82, 2.24) is 10.1 Å². The quantitative estimate of drug-likeness (QED) is 0.719. The summed E-state index contributed by atoms with van der Waals surface area (Å²) in [7, 11) is -3.23. The number of hydrogen-bond acceptors (Lipinski definition) is 3. The van der Waals surface area contributed by atoms with Gasteiger partial charge in [0.2, 0.25) is 7.29 Å². The molecule has 1 atom stereocenters. The number of benzene rings is 2. The largest absolute Gasteiger partial charge is 0.296 e. The van der Waals surface area contributed by atoms with Crippen LogP contribution >= 0.6 is 7.29 Å². The number of nitriles is 1. The summed E-state index contributed by atoms with van der Waals surface area (Å²) in [5.74, 6) is 0. The molecule has 0 fully saturated rings. The summed E-state index contributed by atoms with van der Waals surface area (Å²) in [6.45, 7) is 1.72. The molecule has 1 heterocycles. The van der Waals surface area contributed by atoms with Gasteiger partial charge in [0.1, 0.15) is 5.54 Å². The van der Waals surface area contributed by atoms with Crippen LogP contribution in [0.2, 0.25) is 0 Å². The second-order valence-electron chi connectivity index (χ2n) is 5.87. The van der Waals surface area contributed by atoms with E-state index in [9.17, 15) is 9.83 Å². The van der Waals surface area contributed by atoms with Gasteiger partial charge in [-0.15, -0.1) is 0 Å². The van der Waals surface area contributed by atoms with Crippen LogP contribution in [0.4, 0.5) is 0 Å². The topological polar surface area (TPSA) is 65.8 Å².